The number of rotatable bonds is 4. The van der Waals surface area contributed by atoms with E-state index in [9.17, 15) is 9.59 Å². The lowest BCUT2D eigenvalue weighted by Crippen LogP contribution is -2.48. The van der Waals surface area contributed by atoms with Crippen molar-refractivity contribution in [3.05, 3.63) is 16.3 Å². The molecule has 1 aromatic rings. The van der Waals surface area contributed by atoms with Crippen LogP contribution in [0, 0.1) is 5.41 Å². The summed E-state index contributed by atoms with van der Waals surface area (Å²) < 4.78 is 4.98. The van der Waals surface area contributed by atoms with E-state index in [2.05, 4.69) is 5.32 Å². The van der Waals surface area contributed by atoms with Gasteiger partial charge in [-0.1, -0.05) is 20.8 Å². The van der Waals surface area contributed by atoms with Gasteiger partial charge in [0.05, 0.1) is 12.0 Å². The predicted octanol–water partition coefficient (Wildman–Crippen LogP) is 1.99. The summed E-state index contributed by atoms with van der Waals surface area (Å²) in [5, 5.41) is 13.3. The van der Waals surface area contributed by atoms with Gasteiger partial charge in [-0.05, 0) is 5.41 Å². The molecule has 1 aromatic heterocycles. The first-order valence-corrected chi connectivity index (χ1v) is 6.30. The third-order valence-corrected chi connectivity index (χ3v) is 3.33. The van der Waals surface area contributed by atoms with Crippen molar-refractivity contribution in [3.63, 3.8) is 0 Å². The maximum Gasteiger partial charge on any atom is 0.326 e. The summed E-state index contributed by atoms with van der Waals surface area (Å²) in [6, 6.07) is 0.653. The van der Waals surface area contributed by atoms with Gasteiger partial charge in [0.2, 0.25) is 0 Å². The van der Waals surface area contributed by atoms with Gasteiger partial charge in [-0.25, -0.2) is 4.79 Å². The van der Waals surface area contributed by atoms with Crippen LogP contribution in [0.4, 0.5) is 0 Å². The van der Waals surface area contributed by atoms with Crippen LogP contribution < -0.4 is 10.1 Å². The molecule has 2 N–H and O–H groups in total. The number of methoxy groups -OCH3 is 1. The van der Waals surface area contributed by atoms with E-state index >= 15 is 0 Å². The smallest absolute Gasteiger partial charge is 0.326 e. The molecule has 1 heterocycles. The summed E-state index contributed by atoms with van der Waals surface area (Å²) in [6.07, 6.45) is 0. The number of carbonyl (C=O) groups is 2. The zero-order valence-corrected chi connectivity index (χ0v) is 11.6. The summed E-state index contributed by atoms with van der Waals surface area (Å²) in [5.41, 5.74) is -0.553. The second-order valence-electron chi connectivity index (χ2n) is 4.96. The Kier molecular flexibility index (Phi) is 4.34. The van der Waals surface area contributed by atoms with E-state index in [1.165, 1.54) is 18.4 Å². The lowest BCUT2D eigenvalue weighted by Gasteiger charge is -2.27. The van der Waals surface area contributed by atoms with E-state index < -0.39 is 23.3 Å². The molecular weight excluding hydrogens is 254 g/mol. The van der Waals surface area contributed by atoms with Gasteiger partial charge in [0.25, 0.3) is 5.91 Å². The number of carboxylic acid groups (broad SMARTS) is 1. The number of carbonyl (C=O) groups excluding carboxylic acids is 1. The first kappa shape index (κ1) is 14.5. The topological polar surface area (TPSA) is 75.6 Å². The van der Waals surface area contributed by atoms with Crippen molar-refractivity contribution in [2.75, 3.05) is 7.11 Å². The molecule has 18 heavy (non-hydrogen) atoms. The van der Waals surface area contributed by atoms with Crippen LogP contribution in [0.25, 0.3) is 0 Å². The van der Waals surface area contributed by atoms with E-state index in [-0.39, 0.29) is 0 Å². The monoisotopic (exact) mass is 271 g/mol. The van der Waals surface area contributed by atoms with Crippen LogP contribution in [0.15, 0.2) is 11.4 Å². The second-order valence-corrected chi connectivity index (χ2v) is 5.87. The van der Waals surface area contributed by atoms with E-state index in [4.69, 9.17) is 9.84 Å². The zero-order chi connectivity index (χ0) is 13.9. The minimum Gasteiger partial charge on any atom is -0.496 e. The van der Waals surface area contributed by atoms with Crippen LogP contribution in [-0.2, 0) is 4.79 Å². The fraction of sp³-hybridized carbons (Fsp3) is 0.500. The molecule has 0 aliphatic carbocycles. The average molecular weight is 271 g/mol. The first-order chi connectivity index (χ1) is 8.25. The SMILES string of the molecule is COc1csc(C(=O)NC(C(=O)O)C(C)(C)C)c1. The number of thiophene rings is 1. The summed E-state index contributed by atoms with van der Waals surface area (Å²) in [7, 11) is 1.51. The molecule has 1 amide bonds. The molecule has 0 radical (unpaired) electrons. The number of ether oxygens (including phenoxy) is 1. The van der Waals surface area contributed by atoms with Crippen LogP contribution >= 0.6 is 11.3 Å². The third-order valence-electron chi connectivity index (χ3n) is 2.42. The van der Waals surface area contributed by atoms with Crippen LogP contribution in [0.1, 0.15) is 30.4 Å². The van der Waals surface area contributed by atoms with E-state index in [1.807, 2.05) is 0 Å². The molecule has 1 unspecified atom stereocenters. The molecule has 6 heteroatoms. The van der Waals surface area contributed by atoms with Crippen molar-refractivity contribution in [2.24, 2.45) is 5.41 Å². The molecule has 100 valence electrons. The Morgan fingerprint density at radius 1 is 1.44 bits per heavy atom. The highest BCUT2D eigenvalue weighted by molar-refractivity contribution is 7.12. The van der Waals surface area contributed by atoms with Crippen molar-refractivity contribution in [1.29, 1.82) is 0 Å². The minimum atomic E-state index is -1.04. The van der Waals surface area contributed by atoms with Gasteiger partial charge in [-0.15, -0.1) is 11.3 Å². The number of hydrogen-bond donors (Lipinski definition) is 2. The molecule has 0 aliphatic heterocycles. The molecular formula is C12H17NO4S. The minimum absolute atomic E-state index is 0.398. The Morgan fingerprint density at radius 3 is 2.44 bits per heavy atom. The van der Waals surface area contributed by atoms with Crippen molar-refractivity contribution >= 4 is 23.2 Å². The molecule has 5 nitrogen and oxygen atoms in total. The lowest BCUT2D eigenvalue weighted by molar-refractivity contribution is -0.142. The third kappa shape index (κ3) is 3.46. The van der Waals surface area contributed by atoms with Gasteiger partial charge in [-0.2, -0.15) is 0 Å². The molecule has 1 atom stereocenters. The van der Waals surface area contributed by atoms with E-state index in [0.29, 0.717) is 10.6 Å². The van der Waals surface area contributed by atoms with Gasteiger partial charge < -0.3 is 15.2 Å². The molecule has 0 spiro atoms. The molecule has 0 fully saturated rings. The Balaban J connectivity index is 2.82. The van der Waals surface area contributed by atoms with Crippen LogP contribution in [-0.4, -0.2) is 30.1 Å². The standard InChI is InChI=1S/C12H17NO4S/c1-12(2,3)9(11(15)16)13-10(14)8-5-7(17-4)6-18-8/h5-6,9H,1-4H3,(H,13,14)(H,15,16). The molecule has 0 aliphatic rings. The van der Waals surface area contributed by atoms with Gasteiger partial charge >= 0.3 is 5.97 Å². The first-order valence-electron chi connectivity index (χ1n) is 5.42. The number of aliphatic carboxylic acids is 1. The lowest BCUT2D eigenvalue weighted by atomic mass is 9.87. The Morgan fingerprint density at radius 2 is 2.06 bits per heavy atom. The number of nitrogens with one attached hydrogen (secondary N) is 1. The normalized spacial score (nSPS) is 12.9. The molecule has 0 bridgehead atoms. The van der Waals surface area contributed by atoms with Crippen LogP contribution in [0.2, 0.25) is 0 Å². The predicted molar refractivity (Wildman–Crippen MR) is 69.2 cm³/mol. The largest absolute Gasteiger partial charge is 0.496 e. The van der Waals surface area contributed by atoms with Gasteiger partial charge in [0, 0.05) is 11.4 Å². The van der Waals surface area contributed by atoms with Gasteiger partial charge in [-0.3, -0.25) is 4.79 Å². The van der Waals surface area contributed by atoms with Gasteiger partial charge in [0.15, 0.2) is 0 Å². The highest BCUT2D eigenvalue weighted by Gasteiger charge is 2.33. The quantitative estimate of drug-likeness (QED) is 0.878. The summed E-state index contributed by atoms with van der Waals surface area (Å²) in [5.74, 6) is -0.849. The Hall–Kier alpha value is -1.56. The highest BCUT2D eigenvalue weighted by atomic mass is 32.1. The number of carboxylic acids is 1. The number of amides is 1. The molecule has 0 aromatic carbocycles. The Labute approximate surface area is 110 Å². The summed E-state index contributed by atoms with van der Waals surface area (Å²) >= 11 is 1.22. The number of hydrogen-bond acceptors (Lipinski definition) is 4. The molecule has 1 rings (SSSR count). The summed E-state index contributed by atoms with van der Waals surface area (Å²) in [6.45, 7) is 5.29. The summed E-state index contributed by atoms with van der Waals surface area (Å²) in [4.78, 5) is 23.5. The Bertz CT molecular complexity index is 447. The zero-order valence-electron chi connectivity index (χ0n) is 10.8. The highest BCUT2D eigenvalue weighted by Crippen LogP contribution is 2.23. The molecule has 0 saturated heterocycles. The maximum atomic E-state index is 11.9. The average Bonchev–Trinajstić information content (AvgIpc) is 2.71. The second kappa shape index (κ2) is 5.39. The van der Waals surface area contributed by atoms with Gasteiger partial charge in [0.1, 0.15) is 11.8 Å². The van der Waals surface area contributed by atoms with Crippen molar-refractivity contribution < 1.29 is 19.4 Å². The fourth-order valence-electron chi connectivity index (χ4n) is 1.40. The van der Waals surface area contributed by atoms with E-state index in [0.717, 1.165) is 0 Å². The maximum absolute atomic E-state index is 11.9. The van der Waals surface area contributed by atoms with Crippen molar-refractivity contribution in [1.82, 2.24) is 5.32 Å². The molecule has 0 saturated carbocycles. The van der Waals surface area contributed by atoms with Crippen LogP contribution in [0.3, 0.4) is 0 Å². The van der Waals surface area contributed by atoms with Crippen molar-refractivity contribution in [2.45, 2.75) is 26.8 Å². The van der Waals surface area contributed by atoms with Crippen molar-refractivity contribution in [3.8, 4) is 5.75 Å². The van der Waals surface area contributed by atoms with E-state index in [1.54, 1.807) is 32.2 Å². The fourth-order valence-corrected chi connectivity index (χ4v) is 2.15. The van der Waals surface area contributed by atoms with Crippen LogP contribution in [0.5, 0.6) is 5.75 Å².